The molecule has 0 bridgehead atoms. The predicted octanol–water partition coefficient (Wildman–Crippen LogP) is 4.43. The molecule has 0 amide bonds. The van der Waals surface area contributed by atoms with E-state index in [-0.39, 0.29) is 23.7 Å². The zero-order chi connectivity index (χ0) is 29.0. The van der Waals surface area contributed by atoms with E-state index in [0.29, 0.717) is 55.0 Å². The van der Waals surface area contributed by atoms with E-state index in [0.717, 1.165) is 11.1 Å². The fourth-order valence-electron chi connectivity index (χ4n) is 5.13. The number of ether oxygens (including phenoxy) is 2. The normalized spacial score (nSPS) is 15.8. The van der Waals surface area contributed by atoms with Crippen molar-refractivity contribution in [3.05, 3.63) is 95.3 Å². The number of likely N-dealkylation sites (tertiary alicyclic amines) is 1. The second-order valence-corrected chi connectivity index (χ2v) is 10.4. The summed E-state index contributed by atoms with van der Waals surface area (Å²) in [5.41, 5.74) is 2.47. The number of phenols is 1. The van der Waals surface area contributed by atoms with Crippen molar-refractivity contribution in [1.29, 1.82) is 0 Å². The Hall–Kier alpha value is -4.34. The van der Waals surface area contributed by atoms with Gasteiger partial charge >= 0.3 is 5.97 Å². The van der Waals surface area contributed by atoms with Crippen molar-refractivity contribution in [1.82, 2.24) is 14.9 Å². The minimum Gasteiger partial charge on any atom is -0.507 e. The molecule has 0 aliphatic carbocycles. The molecule has 3 aromatic carbocycles. The van der Waals surface area contributed by atoms with Gasteiger partial charge in [0, 0.05) is 38.0 Å². The van der Waals surface area contributed by atoms with Crippen LogP contribution in [-0.4, -0.2) is 69.2 Å². The van der Waals surface area contributed by atoms with E-state index in [4.69, 9.17) is 14.5 Å². The number of hydrogen-bond donors (Lipinski definition) is 2. The molecule has 1 atom stereocenters. The van der Waals surface area contributed by atoms with E-state index in [2.05, 4.69) is 9.88 Å². The van der Waals surface area contributed by atoms with E-state index in [1.54, 1.807) is 36.5 Å². The number of aliphatic hydroxyl groups is 1. The number of aliphatic hydroxyl groups excluding tert-OH is 1. The minimum atomic E-state index is -1.05. The molecule has 1 aliphatic heterocycles. The number of aromatic nitrogens is 2. The van der Waals surface area contributed by atoms with Gasteiger partial charge in [-0.15, -0.1) is 0 Å². The first-order chi connectivity index (χ1) is 19.7. The Morgan fingerprint density at radius 2 is 1.73 bits per heavy atom. The number of nitrogens with zero attached hydrogens (tertiary/aromatic N) is 3. The SMILES string of the molecule is CC(=O)c1ccc(OC[C@@H](O)CN2CCC(OC(=O)c3ccccc3O)(c3cnc4ccccc4n3)CC2)c(C)c1. The Balaban J connectivity index is 1.28. The zero-order valence-electron chi connectivity index (χ0n) is 23.1. The summed E-state index contributed by atoms with van der Waals surface area (Å²) in [6.45, 7) is 4.92. The van der Waals surface area contributed by atoms with Crippen LogP contribution in [0.1, 0.15) is 51.7 Å². The maximum atomic E-state index is 13.2. The molecule has 0 spiro atoms. The number of carbonyl (C=O) groups is 2. The number of para-hydroxylation sites is 3. The van der Waals surface area contributed by atoms with Crippen LogP contribution in [0.15, 0.2) is 72.9 Å². The fraction of sp³-hybridized carbons (Fsp3) is 0.312. The number of benzene rings is 3. The molecule has 212 valence electrons. The summed E-state index contributed by atoms with van der Waals surface area (Å²) in [4.78, 5) is 36.3. The van der Waals surface area contributed by atoms with Gasteiger partial charge in [0.25, 0.3) is 0 Å². The lowest BCUT2D eigenvalue weighted by Crippen LogP contribution is -2.48. The lowest BCUT2D eigenvalue weighted by atomic mass is 9.87. The number of esters is 1. The van der Waals surface area contributed by atoms with Crippen molar-refractivity contribution < 1.29 is 29.3 Å². The number of hydrogen-bond acceptors (Lipinski definition) is 9. The molecule has 9 heteroatoms. The van der Waals surface area contributed by atoms with Gasteiger partial charge in [-0.05, 0) is 61.9 Å². The van der Waals surface area contributed by atoms with Crippen LogP contribution in [0.4, 0.5) is 0 Å². The Kier molecular flexibility index (Phi) is 8.28. The van der Waals surface area contributed by atoms with Gasteiger partial charge in [0.15, 0.2) is 11.4 Å². The Bertz CT molecular complexity index is 1560. The summed E-state index contributed by atoms with van der Waals surface area (Å²) in [6.07, 6.45) is 1.76. The highest BCUT2D eigenvalue weighted by atomic mass is 16.6. The number of piperidine rings is 1. The van der Waals surface area contributed by atoms with Crippen molar-refractivity contribution in [3.63, 3.8) is 0 Å². The van der Waals surface area contributed by atoms with Crippen LogP contribution >= 0.6 is 0 Å². The standard InChI is InChI=1S/C32H33N3O6/c1-21-17-23(22(2)36)11-12-29(21)40-20-24(37)19-35-15-13-32(14-16-35,41-31(39)25-7-3-6-10-28(25)38)30-18-33-26-8-4-5-9-27(26)34-30/h3-12,17-18,24,37-38H,13-16,19-20H2,1-2H3/t24-/m0/s1. The lowest BCUT2D eigenvalue weighted by molar-refractivity contribution is -0.0636. The third kappa shape index (κ3) is 6.37. The summed E-state index contributed by atoms with van der Waals surface area (Å²) < 4.78 is 12.0. The maximum absolute atomic E-state index is 13.2. The van der Waals surface area contributed by atoms with Crippen LogP contribution in [0.2, 0.25) is 0 Å². The van der Waals surface area contributed by atoms with Crippen LogP contribution in [-0.2, 0) is 10.3 Å². The van der Waals surface area contributed by atoms with E-state index in [1.807, 2.05) is 31.2 Å². The van der Waals surface area contributed by atoms with Gasteiger partial charge in [0.1, 0.15) is 35.5 Å². The summed E-state index contributed by atoms with van der Waals surface area (Å²) in [6, 6.07) is 19.0. The van der Waals surface area contributed by atoms with E-state index in [1.165, 1.54) is 19.1 Å². The van der Waals surface area contributed by atoms with Gasteiger partial charge in [0.05, 0.1) is 17.2 Å². The largest absolute Gasteiger partial charge is 0.507 e. The predicted molar refractivity (Wildman–Crippen MR) is 153 cm³/mol. The third-order valence-electron chi connectivity index (χ3n) is 7.47. The highest BCUT2D eigenvalue weighted by Gasteiger charge is 2.42. The van der Waals surface area contributed by atoms with Crippen LogP contribution in [0.3, 0.4) is 0 Å². The van der Waals surface area contributed by atoms with Crippen LogP contribution in [0, 0.1) is 6.92 Å². The van der Waals surface area contributed by atoms with E-state index in [9.17, 15) is 19.8 Å². The fourth-order valence-corrected chi connectivity index (χ4v) is 5.13. The topological polar surface area (TPSA) is 122 Å². The first-order valence-corrected chi connectivity index (χ1v) is 13.6. The summed E-state index contributed by atoms with van der Waals surface area (Å²) in [5.74, 6) is -0.172. The molecule has 1 aromatic heterocycles. The van der Waals surface area contributed by atoms with Gasteiger partial charge in [-0.3, -0.25) is 9.78 Å². The minimum absolute atomic E-state index is 0.0122. The number of rotatable bonds is 9. The van der Waals surface area contributed by atoms with Crippen LogP contribution in [0.25, 0.3) is 11.0 Å². The smallest absolute Gasteiger partial charge is 0.342 e. The van der Waals surface area contributed by atoms with E-state index < -0.39 is 17.7 Å². The lowest BCUT2D eigenvalue weighted by Gasteiger charge is -2.41. The number of fused-ring (bicyclic) bond motifs is 1. The molecule has 5 rings (SSSR count). The Morgan fingerprint density at radius 3 is 2.44 bits per heavy atom. The zero-order valence-corrected chi connectivity index (χ0v) is 23.1. The molecular formula is C32H33N3O6. The van der Waals surface area contributed by atoms with E-state index >= 15 is 0 Å². The molecule has 4 aromatic rings. The van der Waals surface area contributed by atoms with Gasteiger partial charge in [-0.2, -0.15) is 0 Å². The van der Waals surface area contributed by atoms with Crippen molar-refractivity contribution in [2.45, 2.75) is 38.4 Å². The average Bonchev–Trinajstić information content (AvgIpc) is 2.97. The van der Waals surface area contributed by atoms with Gasteiger partial charge < -0.3 is 24.6 Å². The van der Waals surface area contributed by atoms with Crippen molar-refractivity contribution >= 4 is 22.8 Å². The highest BCUT2D eigenvalue weighted by molar-refractivity contribution is 5.94. The van der Waals surface area contributed by atoms with Crippen molar-refractivity contribution in [2.75, 3.05) is 26.2 Å². The quantitative estimate of drug-likeness (QED) is 0.228. The average molecular weight is 556 g/mol. The molecule has 1 fully saturated rings. The number of aryl methyl sites for hydroxylation is 1. The molecule has 9 nitrogen and oxygen atoms in total. The molecule has 2 N–H and O–H groups in total. The number of β-amino-alcohol motifs (C(OH)–C–C–N with tert-alkyl or cyclic N) is 1. The van der Waals surface area contributed by atoms with Crippen LogP contribution in [0.5, 0.6) is 11.5 Å². The third-order valence-corrected chi connectivity index (χ3v) is 7.47. The molecule has 0 saturated carbocycles. The molecule has 2 heterocycles. The maximum Gasteiger partial charge on any atom is 0.342 e. The monoisotopic (exact) mass is 555 g/mol. The highest BCUT2D eigenvalue weighted by Crippen LogP contribution is 2.38. The number of aromatic hydroxyl groups is 1. The first-order valence-electron chi connectivity index (χ1n) is 13.6. The van der Waals surface area contributed by atoms with Crippen LogP contribution < -0.4 is 4.74 Å². The molecular weight excluding hydrogens is 522 g/mol. The van der Waals surface area contributed by atoms with Crippen molar-refractivity contribution in [2.24, 2.45) is 0 Å². The van der Waals surface area contributed by atoms with Gasteiger partial charge in [-0.25, -0.2) is 9.78 Å². The van der Waals surface area contributed by atoms with Gasteiger partial charge in [0.2, 0.25) is 0 Å². The molecule has 1 aliphatic rings. The molecule has 0 radical (unpaired) electrons. The second-order valence-electron chi connectivity index (χ2n) is 10.4. The molecule has 0 unspecified atom stereocenters. The Labute approximate surface area is 238 Å². The summed E-state index contributed by atoms with van der Waals surface area (Å²) in [7, 11) is 0. The second kappa shape index (κ2) is 12.0. The number of carbonyl (C=O) groups excluding carboxylic acids is 2. The summed E-state index contributed by atoms with van der Waals surface area (Å²) in [5, 5.41) is 21.0. The number of phenolic OH excluding ortho intramolecular Hbond substituents is 1. The summed E-state index contributed by atoms with van der Waals surface area (Å²) >= 11 is 0. The van der Waals surface area contributed by atoms with Gasteiger partial charge in [-0.1, -0.05) is 24.3 Å². The Morgan fingerprint density at radius 1 is 1.02 bits per heavy atom. The molecule has 1 saturated heterocycles. The molecule has 41 heavy (non-hydrogen) atoms. The van der Waals surface area contributed by atoms with Crippen molar-refractivity contribution in [3.8, 4) is 11.5 Å². The number of Topliss-reactive ketones (excluding diaryl/α,β-unsaturated/α-hetero) is 1. The first kappa shape index (κ1) is 28.2. The number of ketones is 1.